The summed E-state index contributed by atoms with van der Waals surface area (Å²) in [6.45, 7) is 0. The normalized spacial score (nSPS) is 10.5. The molecular weight excluding hydrogens is 263 g/mol. The molecule has 0 atom stereocenters. The molecule has 0 bridgehead atoms. The van der Waals surface area contributed by atoms with Crippen LogP contribution in [0.2, 0.25) is 0 Å². The van der Waals surface area contributed by atoms with Gasteiger partial charge in [0, 0.05) is 4.47 Å². The van der Waals surface area contributed by atoms with E-state index in [1.165, 1.54) is 24.3 Å². The van der Waals surface area contributed by atoms with Crippen molar-refractivity contribution in [2.45, 2.75) is 0 Å². The second-order valence-electron chi connectivity index (χ2n) is 3.13. The molecule has 2 nitrogen and oxygen atoms in total. The van der Waals surface area contributed by atoms with E-state index in [0.717, 1.165) is 0 Å². The molecule has 0 aliphatic carbocycles. The van der Waals surface area contributed by atoms with Gasteiger partial charge < -0.3 is 5.11 Å². The zero-order chi connectivity index (χ0) is 11.0. The van der Waals surface area contributed by atoms with E-state index in [2.05, 4.69) is 15.9 Å². The first kappa shape index (κ1) is 10.1. The van der Waals surface area contributed by atoms with Crippen LogP contribution in [0.15, 0.2) is 34.8 Å². The molecule has 0 saturated heterocycles. The molecule has 0 aliphatic heterocycles. The number of rotatable bonds is 1. The van der Waals surface area contributed by atoms with Gasteiger partial charge in [0.2, 0.25) is 0 Å². The highest BCUT2D eigenvalue weighted by atomic mass is 79.9. The molecule has 2 aromatic rings. The maximum Gasteiger partial charge on any atom is 0.335 e. The van der Waals surface area contributed by atoms with Gasteiger partial charge in [0.25, 0.3) is 0 Å². The molecule has 15 heavy (non-hydrogen) atoms. The smallest absolute Gasteiger partial charge is 0.335 e. The van der Waals surface area contributed by atoms with Crippen molar-refractivity contribution in [3.8, 4) is 0 Å². The largest absolute Gasteiger partial charge is 0.478 e. The molecule has 4 heteroatoms. The Hall–Kier alpha value is -1.42. The van der Waals surface area contributed by atoms with Crippen molar-refractivity contribution in [3.05, 3.63) is 46.2 Å². The molecule has 0 saturated carbocycles. The monoisotopic (exact) mass is 268 g/mol. The van der Waals surface area contributed by atoms with Crippen molar-refractivity contribution in [2.75, 3.05) is 0 Å². The summed E-state index contributed by atoms with van der Waals surface area (Å²) in [4.78, 5) is 10.8. The van der Waals surface area contributed by atoms with E-state index in [1.54, 1.807) is 6.07 Å². The third-order valence-corrected chi connectivity index (χ3v) is 2.77. The Labute approximate surface area is 93.5 Å². The van der Waals surface area contributed by atoms with Crippen molar-refractivity contribution >= 4 is 32.7 Å². The number of hydrogen-bond acceptors (Lipinski definition) is 1. The summed E-state index contributed by atoms with van der Waals surface area (Å²) < 4.78 is 13.5. The molecule has 1 N–H and O–H groups in total. The third kappa shape index (κ3) is 1.85. The van der Waals surface area contributed by atoms with E-state index in [0.29, 0.717) is 15.2 Å². The predicted octanol–water partition coefficient (Wildman–Crippen LogP) is 3.44. The fourth-order valence-corrected chi connectivity index (χ4v) is 2.00. The maximum absolute atomic E-state index is 12.9. The lowest BCUT2D eigenvalue weighted by Crippen LogP contribution is -1.96. The van der Waals surface area contributed by atoms with Gasteiger partial charge in [-0.15, -0.1) is 0 Å². The minimum atomic E-state index is -0.998. The summed E-state index contributed by atoms with van der Waals surface area (Å²) >= 11 is 3.22. The maximum atomic E-state index is 12.9. The van der Waals surface area contributed by atoms with E-state index >= 15 is 0 Å². The SMILES string of the molecule is O=C(O)c1cc(Br)c2cc(F)ccc2c1. The summed E-state index contributed by atoms with van der Waals surface area (Å²) in [5, 5.41) is 10.2. The average molecular weight is 269 g/mol. The van der Waals surface area contributed by atoms with Crippen LogP contribution in [0.4, 0.5) is 4.39 Å². The zero-order valence-corrected chi connectivity index (χ0v) is 9.08. The van der Waals surface area contributed by atoms with Gasteiger partial charge in [-0.25, -0.2) is 9.18 Å². The summed E-state index contributed by atoms with van der Waals surface area (Å²) in [5.41, 5.74) is 0.181. The van der Waals surface area contributed by atoms with E-state index in [9.17, 15) is 9.18 Å². The molecule has 0 aliphatic rings. The van der Waals surface area contributed by atoms with E-state index < -0.39 is 5.97 Å². The number of halogens is 2. The Balaban J connectivity index is 2.78. The lowest BCUT2D eigenvalue weighted by Gasteiger charge is -2.03. The molecule has 0 fully saturated rings. The van der Waals surface area contributed by atoms with Gasteiger partial charge in [0.1, 0.15) is 5.82 Å². The summed E-state index contributed by atoms with van der Waals surface area (Å²) in [6, 6.07) is 7.21. The van der Waals surface area contributed by atoms with Crippen LogP contribution in [-0.4, -0.2) is 11.1 Å². The Morgan fingerprint density at radius 2 is 2.00 bits per heavy atom. The molecule has 76 valence electrons. The van der Waals surface area contributed by atoms with Crippen molar-refractivity contribution < 1.29 is 14.3 Å². The average Bonchev–Trinajstić information content (AvgIpc) is 2.18. The van der Waals surface area contributed by atoms with Gasteiger partial charge in [0.15, 0.2) is 0 Å². The standard InChI is InChI=1S/C11H6BrFO2/c12-10-4-7(11(14)15)3-6-1-2-8(13)5-9(6)10/h1-5H,(H,14,15). The highest BCUT2D eigenvalue weighted by Gasteiger charge is 2.07. The van der Waals surface area contributed by atoms with Gasteiger partial charge in [-0.1, -0.05) is 22.0 Å². The van der Waals surface area contributed by atoms with Crippen molar-refractivity contribution in [3.63, 3.8) is 0 Å². The van der Waals surface area contributed by atoms with E-state index in [-0.39, 0.29) is 11.4 Å². The lowest BCUT2D eigenvalue weighted by molar-refractivity contribution is 0.0697. The molecule has 2 aromatic carbocycles. The summed E-state index contributed by atoms with van der Waals surface area (Å²) in [7, 11) is 0. The van der Waals surface area contributed by atoms with Gasteiger partial charge in [0.05, 0.1) is 5.56 Å². The first-order chi connectivity index (χ1) is 7.08. The Morgan fingerprint density at radius 1 is 1.27 bits per heavy atom. The number of carboxylic acids is 1. The minimum absolute atomic E-state index is 0.181. The quantitative estimate of drug-likeness (QED) is 0.861. The fourth-order valence-electron chi connectivity index (χ4n) is 1.41. The van der Waals surface area contributed by atoms with Crippen LogP contribution in [-0.2, 0) is 0 Å². The molecule has 0 radical (unpaired) electrons. The van der Waals surface area contributed by atoms with Crippen LogP contribution in [0.25, 0.3) is 10.8 Å². The minimum Gasteiger partial charge on any atom is -0.478 e. The fraction of sp³-hybridized carbons (Fsp3) is 0. The topological polar surface area (TPSA) is 37.3 Å². The Bertz CT molecular complexity index is 552. The zero-order valence-electron chi connectivity index (χ0n) is 7.50. The van der Waals surface area contributed by atoms with Crippen molar-refractivity contribution in [1.82, 2.24) is 0 Å². The van der Waals surface area contributed by atoms with Crippen LogP contribution >= 0.6 is 15.9 Å². The Morgan fingerprint density at radius 3 is 2.67 bits per heavy atom. The number of benzene rings is 2. The van der Waals surface area contributed by atoms with E-state index in [1.807, 2.05) is 0 Å². The van der Waals surface area contributed by atoms with Crippen LogP contribution in [0, 0.1) is 5.82 Å². The molecule has 0 amide bonds. The van der Waals surface area contributed by atoms with Crippen LogP contribution in [0.1, 0.15) is 10.4 Å². The first-order valence-corrected chi connectivity index (χ1v) is 4.99. The lowest BCUT2D eigenvalue weighted by atomic mass is 10.1. The predicted molar refractivity (Wildman–Crippen MR) is 58.6 cm³/mol. The van der Waals surface area contributed by atoms with Gasteiger partial charge in [-0.2, -0.15) is 0 Å². The second-order valence-corrected chi connectivity index (χ2v) is 3.98. The molecule has 0 heterocycles. The molecule has 0 aromatic heterocycles. The van der Waals surface area contributed by atoms with Gasteiger partial charge >= 0.3 is 5.97 Å². The number of fused-ring (bicyclic) bond motifs is 1. The highest BCUT2D eigenvalue weighted by Crippen LogP contribution is 2.26. The summed E-state index contributed by atoms with van der Waals surface area (Å²) in [6.07, 6.45) is 0. The Kier molecular flexibility index (Phi) is 2.44. The van der Waals surface area contributed by atoms with E-state index in [4.69, 9.17) is 5.11 Å². The van der Waals surface area contributed by atoms with Gasteiger partial charge in [-0.05, 0) is 35.0 Å². The number of carbonyl (C=O) groups is 1. The third-order valence-electron chi connectivity index (χ3n) is 2.11. The van der Waals surface area contributed by atoms with Crippen LogP contribution in [0.3, 0.4) is 0 Å². The number of carboxylic acid groups (broad SMARTS) is 1. The van der Waals surface area contributed by atoms with Crippen LogP contribution < -0.4 is 0 Å². The number of aromatic carboxylic acids is 1. The molecule has 0 spiro atoms. The van der Waals surface area contributed by atoms with Crippen molar-refractivity contribution in [2.24, 2.45) is 0 Å². The second kappa shape index (κ2) is 3.62. The highest BCUT2D eigenvalue weighted by molar-refractivity contribution is 9.10. The summed E-state index contributed by atoms with van der Waals surface area (Å²) in [5.74, 6) is -1.34. The molecular formula is C11H6BrFO2. The first-order valence-electron chi connectivity index (χ1n) is 4.20. The molecule has 2 rings (SSSR count). The van der Waals surface area contributed by atoms with Gasteiger partial charge in [-0.3, -0.25) is 0 Å². The number of hydrogen-bond donors (Lipinski definition) is 1. The molecule has 0 unspecified atom stereocenters. The van der Waals surface area contributed by atoms with Crippen LogP contribution in [0.5, 0.6) is 0 Å². The van der Waals surface area contributed by atoms with Crippen molar-refractivity contribution in [1.29, 1.82) is 0 Å².